The van der Waals surface area contributed by atoms with Gasteiger partial charge in [-0.05, 0) is 19.4 Å². The summed E-state index contributed by atoms with van der Waals surface area (Å²) in [5.74, 6) is 0.821. The first-order valence-corrected chi connectivity index (χ1v) is 3.70. The van der Waals surface area contributed by atoms with Crippen LogP contribution < -0.4 is 5.73 Å². The zero-order valence-corrected chi connectivity index (χ0v) is 6.34. The van der Waals surface area contributed by atoms with E-state index >= 15 is 0 Å². The van der Waals surface area contributed by atoms with Crippen LogP contribution >= 0.6 is 0 Å². The summed E-state index contributed by atoms with van der Waals surface area (Å²) in [7, 11) is 0. The highest BCUT2D eigenvalue weighted by atomic mass is 16.5. The summed E-state index contributed by atoms with van der Waals surface area (Å²) in [5, 5.41) is 0. The SMILES string of the molecule is CC1=NC(CCCN)CO1. The molecule has 0 aromatic rings. The Morgan fingerprint density at radius 3 is 3.10 bits per heavy atom. The van der Waals surface area contributed by atoms with Gasteiger partial charge in [0.2, 0.25) is 0 Å². The smallest absolute Gasteiger partial charge is 0.180 e. The number of hydrogen-bond acceptors (Lipinski definition) is 3. The third-order valence-corrected chi connectivity index (χ3v) is 1.59. The fourth-order valence-electron chi connectivity index (χ4n) is 1.05. The molecule has 0 radical (unpaired) electrons. The standard InChI is InChI=1S/C7H14N2O/c1-6-9-7(5-10-6)3-2-4-8/h7H,2-5,8H2,1H3. The summed E-state index contributed by atoms with van der Waals surface area (Å²) in [6, 6.07) is 0.378. The van der Waals surface area contributed by atoms with Gasteiger partial charge in [0.1, 0.15) is 6.61 Å². The lowest BCUT2D eigenvalue weighted by Crippen LogP contribution is -2.09. The van der Waals surface area contributed by atoms with E-state index in [1.54, 1.807) is 0 Å². The summed E-state index contributed by atoms with van der Waals surface area (Å²) in [5.41, 5.74) is 5.35. The molecule has 0 bridgehead atoms. The van der Waals surface area contributed by atoms with Crippen LogP contribution in [0.3, 0.4) is 0 Å². The molecule has 1 atom stereocenters. The molecule has 1 rings (SSSR count). The molecule has 0 aromatic heterocycles. The van der Waals surface area contributed by atoms with Crippen LogP contribution in [0.15, 0.2) is 4.99 Å². The van der Waals surface area contributed by atoms with Crippen LogP contribution in [-0.2, 0) is 4.74 Å². The van der Waals surface area contributed by atoms with Crippen molar-refractivity contribution in [3.8, 4) is 0 Å². The molecule has 3 nitrogen and oxygen atoms in total. The number of hydrogen-bond donors (Lipinski definition) is 1. The van der Waals surface area contributed by atoms with Crippen molar-refractivity contribution in [3.05, 3.63) is 0 Å². The van der Waals surface area contributed by atoms with Crippen molar-refractivity contribution in [2.24, 2.45) is 10.7 Å². The van der Waals surface area contributed by atoms with E-state index in [1.807, 2.05) is 6.92 Å². The first-order chi connectivity index (χ1) is 4.83. The van der Waals surface area contributed by atoms with Gasteiger partial charge in [0.05, 0.1) is 6.04 Å². The molecular formula is C7H14N2O. The van der Waals surface area contributed by atoms with Crippen molar-refractivity contribution in [1.29, 1.82) is 0 Å². The van der Waals surface area contributed by atoms with Crippen LogP contribution in [0, 0.1) is 0 Å². The minimum absolute atomic E-state index is 0.378. The van der Waals surface area contributed by atoms with Crippen LogP contribution in [0.5, 0.6) is 0 Å². The fourth-order valence-corrected chi connectivity index (χ4v) is 1.05. The molecule has 3 heteroatoms. The van der Waals surface area contributed by atoms with Crippen molar-refractivity contribution in [1.82, 2.24) is 0 Å². The molecular weight excluding hydrogens is 128 g/mol. The van der Waals surface area contributed by atoms with Crippen molar-refractivity contribution < 1.29 is 4.74 Å². The van der Waals surface area contributed by atoms with Crippen LogP contribution in [0.25, 0.3) is 0 Å². The third-order valence-electron chi connectivity index (χ3n) is 1.59. The van der Waals surface area contributed by atoms with Gasteiger partial charge < -0.3 is 10.5 Å². The molecule has 58 valence electrons. The first kappa shape index (κ1) is 7.54. The topological polar surface area (TPSA) is 47.6 Å². The van der Waals surface area contributed by atoms with Crippen molar-refractivity contribution in [2.75, 3.05) is 13.2 Å². The van der Waals surface area contributed by atoms with E-state index in [1.165, 1.54) is 0 Å². The maximum Gasteiger partial charge on any atom is 0.180 e. The molecule has 0 saturated carbocycles. The third kappa shape index (κ3) is 1.99. The summed E-state index contributed by atoms with van der Waals surface area (Å²) >= 11 is 0. The number of ether oxygens (including phenoxy) is 1. The lowest BCUT2D eigenvalue weighted by Gasteiger charge is -2.01. The Morgan fingerprint density at radius 2 is 2.60 bits per heavy atom. The maximum atomic E-state index is 5.35. The van der Waals surface area contributed by atoms with E-state index in [0.717, 1.165) is 31.9 Å². The predicted molar refractivity (Wildman–Crippen MR) is 41.1 cm³/mol. The van der Waals surface area contributed by atoms with Crippen LogP contribution in [0.1, 0.15) is 19.8 Å². The van der Waals surface area contributed by atoms with E-state index < -0.39 is 0 Å². The fraction of sp³-hybridized carbons (Fsp3) is 0.857. The average Bonchev–Trinajstić information content (AvgIpc) is 2.31. The predicted octanol–water partition coefficient (Wildman–Crippen LogP) is 0.543. The van der Waals surface area contributed by atoms with E-state index in [-0.39, 0.29) is 0 Å². The van der Waals surface area contributed by atoms with Gasteiger partial charge in [-0.1, -0.05) is 0 Å². The summed E-state index contributed by atoms with van der Waals surface area (Å²) < 4.78 is 5.17. The van der Waals surface area contributed by atoms with Gasteiger partial charge in [0.25, 0.3) is 0 Å². The zero-order valence-electron chi connectivity index (χ0n) is 6.34. The van der Waals surface area contributed by atoms with Gasteiger partial charge in [-0.25, -0.2) is 4.99 Å². The van der Waals surface area contributed by atoms with Crippen molar-refractivity contribution in [3.63, 3.8) is 0 Å². The molecule has 0 fully saturated rings. The lowest BCUT2D eigenvalue weighted by molar-refractivity contribution is 0.308. The molecule has 1 heterocycles. The maximum absolute atomic E-state index is 5.35. The second-order valence-corrected chi connectivity index (χ2v) is 2.54. The largest absolute Gasteiger partial charge is 0.479 e. The Hall–Kier alpha value is -0.570. The Labute approximate surface area is 61.3 Å². The Bertz CT molecular complexity index is 134. The molecule has 2 N–H and O–H groups in total. The molecule has 1 aliphatic heterocycles. The molecule has 0 amide bonds. The molecule has 0 saturated heterocycles. The van der Waals surface area contributed by atoms with E-state index in [0.29, 0.717) is 6.04 Å². The highest BCUT2D eigenvalue weighted by molar-refractivity contribution is 5.74. The summed E-state index contributed by atoms with van der Waals surface area (Å²) in [6.07, 6.45) is 2.11. The lowest BCUT2D eigenvalue weighted by atomic mass is 10.2. The number of aliphatic imine (C=N–C) groups is 1. The van der Waals surface area contributed by atoms with E-state index in [9.17, 15) is 0 Å². The van der Waals surface area contributed by atoms with Gasteiger partial charge in [0, 0.05) is 6.92 Å². The van der Waals surface area contributed by atoms with Gasteiger partial charge >= 0.3 is 0 Å². The highest BCUT2D eigenvalue weighted by Crippen LogP contribution is 2.09. The summed E-state index contributed by atoms with van der Waals surface area (Å²) in [6.45, 7) is 3.40. The summed E-state index contributed by atoms with van der Waals surface area (Å²) in [4.78, 5) is 4.26. The number of rotatable bonds is 3. The number of nitrogens with two attached hydrogens (primary N) is 1. The van der Waals surface area contributed by atoms with Gasteiger partial charge in [0.15, 0.2) is 5.90 Å². The molecule has 10 heavy (non-hydrogen) atoms. The molecule has 1 unspecified atom stereocenters. The minimum Gasteiger partial charge on any atom is -0.479 e. The molecule has 0 spiro atoms. The van der Waals surface area contributed by atoms with Gasteiger partial charge in [-0.3, -0.25) is 0 Å². The second kappa shape index (κ2) is 3.56. The highest BCUT2D eigenvalue weighted by Gasteiger charge is 2.13. The zero-order chi connectivity index (χ0) is 7.40. The average molecular weight is 142 g/mol. The normalized spacial score (nSPS) is 24.2. The second-order valence-electron chi connectivity index (χ2n) is 2.54. The van der Waals surface area contributed by atoms with E-state index in [2.05, 4.69) is 4.99 Å². The monoisotopic (exact) mass is 142 g/mol. The van der Waals surface area contributed by atoms with Crippen LogP contribution in [0.2, 0.25) is 0 Å². The van der Waals surface area contributed by atoms with Crippen LogP contribution in [-0.4, -0.2) is 25.1 Å². The molecule has 0 aromatic carbocycles. The Morgan fingerprint density at radius 1 is 1.80 bits per heavy atom. The Balaban J connectivity index is 2.18. The van der Waals surface area contributed by atoms with Crippen molar-refractivity contribution in [2.45, 2.75) is 25.8 Å². The quantitative estimate of drug-likeness (QED) is 0.625. The number of nitrogens with zero attached hydrogens (tertiary/aromatic N) is 1. The van der Waals surface area contributed by atoms with E-state index in [4.69, 9.17) is 10.5 Å². The minimum atomic E-state index is 0.378. The Kier molecular flexibility index (Phi) is 2.68. The van der Waals surface area contributed by atoms with Crippen LogP contribution in [0.4, 0.5) is 0 Å². The van der Waals surface area contributed by atoms with Gasteiger partial charge in [-0.2, -0.15) is 0 Å². The first-order valence-electron chi connectivity index (χ1n) is 3.70. The van der Waals surface area contributed by atoms with Crippen molar-refractivity contribution >= 4 is 5.90 Å². The molecule has 0 aliphatic carbocycles. The molecule has 1 aliphatic rings. The van der Waals surface area contributed by atoms with Gasteiger partial charge in [-0.15, -0.1) is 0 Å².